The number of hydrogen-bond donors (Lipinski definition) is 2. The lowest BCUT2D eigenvalue weighted by Crippen LogP contribution is -2.49. The lowest BCUT2D eigenvalue weighted by molar-refractivity contribution is -0.134. The molecule has 2 heterocycles. The van der Waals surface area contributed by atoms with Crippen LogP contribution in [0.15, 0.2) is 24.3 Å². The van der Waals surface area contributed by atoms with Crippen molar-refractivity contribution in [1.29, 1.82) is 0 Å². The maximum absolute atomic E-state index is 12.3. The molecule has 0 radical (unpaired) electrons. The number of fused-ring (bicyclic) bond motifs is 1. The normalized spacial score (nSPS) is 21.3. The molecular weight excluding hydrogens is 268 g/mol. The number of carbonyl (C=O) groups is 2. The predicted octanol–water partition coefficient (Wildman–Crippen LogP) is 0.0434. The first-order chi connectivity index (χ1) is 10.2. The van der Waals surface area contributed by atoms with Crippen LogP contribution in [0.4, 0.5) is 5.69 Å². The number of benzene rings is 1. The highest BCUT2D eigenvalue weighted by atomic mass is 16.2. The van der Waals surface area contributed by atoms with Crippen LogP contribution in [0, 0.1) is 0 Å². The van der Waals surface area contributed by atoms with Crippen LogP contribution in [0.3, 0.4) is 0 Å². The molecular formula is C15H20N4O2. The molecule has 1 unspecified atom stereocenters. The molecule has 2 N–H and O–H groups in total. The second-order valence-electron chi connectivity index (χ2n) is 5.52. The SMILES string of the molecule is CN(CC(=O)N1CCNCC1)C1C(=O)Nc2ccccc21. The molecule has 6 heteroatoms. The average molecular weight is 288 g/mol. The van der Waals surface area contributed by atoms with Gasteiger partial charge in [-0.3, -0.25) is 14.5 Å². The van der Waals surface area contributed by atoms with Crippen molar-refractivity contribution >= 4 is 17.5 Å². The van der Waals surface area contributed by atoms with E-state index in [-0.39, 0.29) is 24.4 Å². The summed E-state index contributed by atoms with van der Waals surface area (Å²) in [6.07, 6.45) is 0. The molecule has 2 aliphatic heterocycles. The minimum atomic E-state index is -0.381. The lowest BCUT2D eigenvalue weighted by Gasteiger charge is -2.30. The quantitative estimate of drug-likeness (QED) is 0.824. The van der Waals surface area contributed by atoms with Gasteiger partial charge in [-0.05, 0) is 13.1 Å². The van der Waals surface area contributed by atoms with E-state index in [0.29, 0.717) is 0 Å². The molecule has 1 atom stereocenters. The Kier molecular flexibility index (Phi) is 3.90. The molecule has 1 aromatic rings. The van der Waals surface area contributed by atoms with Crippen molar-refractivity contribution in [2.45, 2.75) is 6.04 Å². The molecule has 0 aromatic heterocycles. The third-order valence-corrected chi connectivity index (χ3v) is 4.06. The van der Waals surface area contributed by atoms with Crippen molar-refractivity contribution in [2.75, 3.05) is 45.1 Å². The van der Waals surface area contributed by atoms with Crippen molar-refractivity contribution < 1.29 is 9.59 Å². The summed E-state index contributed by atoms with van der Waals surface area (Å²) in [5.41, 5.74) is 1.78. The van der Waals surface area contributed by atoms with E-state index < -0.39 is 0 Å². The van der Waals surface area contributed by atoms with Gasteiger partial charge >= 0.3 is 0 Å². The van der Waals surface area contributed by atoms with Crippen LogP contribution >= 0.6 is 0 Å². The topological polar surface area (TPSA) is 64.7 Å². The van der Waals surface area contributed by atoms with Gasteiger partial charge < -0.3 is 15.5 Å². The number of carbonyl (C=O) groups excluding carboxylic acids is 2. The summed E-state index contributed by atoms with van der Waals surface area (Å²) < 4.78 is 0. The van der Waals surface area contributed by atoms with Gasteiger partial charge in [0.15, 0.2) is 0 Å². The monoisotopic (exact) mass is 288 g/mol. The van der Waals surface area contributed by atoms with E-state index >= 15 is 0 Å². The molecule has 1 saturated heterocycles. The van der Waals surface area contributed by atoms with E-state index in [9.17, 15) is 9.59 Å². The maximum atomic E-state index is 12.3. The van der Waals surface area contributed by atoms with Crippen LogP contribution in [-0.4, -0.2) is 61.4 Å². The van der Waals surface area contributed by atoms with Crippen molar-refractivity contribution in [1.82, 2.24) is 15.1 Å². The number of rotatable bonds is 3. The number of amides is 2. The molecule has 2 amide bonds. The summed E-state index contributed by atoms with van der Waals surface area (Å²) in [6, 6.07) is 7.25. The predicted molar refractivity (Wildman–Crippen MR) is 79.9 cm³/mol. The minimum Gasteiger partial charge on any atom is -0.339 e. The Morgan fingerprint density at radius 1 is 1.33 bits per heavy atom. The molecule has 6 nitrogen and oxygen atoms in total. The number of nitrogens with zero attached hydrogens (tertiary/aromatic N) is 2. The first-order valence-electron chi connectivity index (χ1n) is 7.25. The highest BCUT2D eigenvalue weighted by Gasteiger charge is 2.34. The van der Waals surface area contributed by atoms with Crippen LogP contribution < -0.4 is 10.6 Å². The largest absolute Gasteiger partial charge is 0.339 e. The standard InChI is InChI=1S/C15H20N4O2/c1-18(10-13(20)19-8-6-16-7-9-19)14-11-4-2-3-5-12(11)17-15(14)21/h2-5,14,16H,6-10H2,1H3,(H,17,21). The first-order valence-corrected chi connectivity index (χ1v) is 7.25. The Morgan fingerprint density at radius 2 is 2.05 bits per heavy atom. The third kappa shape index (κ3) is 2.77. The summed E-state index contributed by atoms with van der Waals surface area (Å²) in [4.78, 5) is 28.1. The Morgan fingerprint density at radius 3 is 2.81 bits per heavy atom. The molecule has 21 heavy (non-hydrogen) atoms. The van der Waals surface area contributed by atoms with Gasteiger partial charge in [-0.2, -0.15) is 0 Å². The molecule has 2 aliphatic rings. The average Bonchev–Trinajstić information content (AvgIpc) is 2.83. The highest BCUT2D eigenvalue weighted by molar-refractivity contribution is 6.02. The van der Waals surface area contributed by atoms with E-state index in [4.69, 9.17) is 0 Å². The van der Waals surface area contributed by atoms with Gasteiger partial charge in [0.25, 0.3) is 0 Å². The summed E-state index contributed by atoms with van der Waals surface area (Å²) in [5, 5.41) is 6.09. The fourth-order valence-corrected chi connectivity index (χ4v) is 2.95. The Hall–Kier alpha value is -1.92. The van der Waals surface area contributed by atoms with E-state index in [1.165, 1.54) is 0 Å². The Bertz CT molecular complexity index is 554. The molecule has 0 spiro atoms. The molecule has 0 aliphatic carbocycles. The van der Waals surface area contributed by atoms with Crippen molar-refractivity contribution in [3.63, 3.8) is 0 Å². The maximum Gasteiger partial charge on any atom is 0.246 e. The third-order valence-electron chi connectivity index (χ3n) is 4.06. The zero-order valence-corrected chi connectivity index (χ0v) is 12.1. The van der Waals surface area contributed by atoms with Crippen LogP contribution in [0.5, 0.6) is 0 Å². The zero-order chi connectivity index (χ0) is 14.8. The molecule has 112 valence electrons. The van der Waals surface area contributed by atoms with Gasteiger partial charge in [-0.25, -0.2) is 0 Å². The minimum absolute atomic E-state index is 0.0631. The zero-order valence-electron chi connectivity index (χ0n) is 12.1. The first kappa shape index (κ1) is 14.0. The van der Waals surface area contributed by atoms with Gasteiger partial charge in [0.05, 0.1) is 6.54 Å². The second kappa shape index (κ2) is 5.83. The summed E-state index contributed by atoms with van der Waals surface area (Å²) in [6.45, 7) is 3.40. The van der Waals surface area contributed by atoms with Crippen LogP contribution in [0.25, 0.3) is 0 Å². The van der Waals surface area contributed by atoms with Gasteiger partial charge in [0.1, 0.15) is 6.04 Å². The van der Waals surface area contributed by atoms with Crippen molar-refractivity contribution in [3.8, 4) is 0 Å². The van der Waals surface area contributed by atoms with E-state index in [1.807, 2.05) is 41.1 Å². The number of hydrogen-bond acceptors (Lipinski definition) is 4. The molecule has 3 rings (SSSR count). The molecule has 0 saturated carbocycles. The number of anilines is 1. The van der Waals surface area contributed by atoms with Crippen LogP contribution in [-0.2, 0) is 9.59 Å². The smallest absolute Gasteiger partial charge is 0.246 e. The van der Waals surface area contributed by atoms with E-state index in [1.54, 1.807) is 0 Å². The molecule has 1 fully saturated rings. The summed E-state index contributed by atoms with van der Waals surface area (Å²) in [5.74, 6) is 0.0167. The number of para-hydroxylation sites is 1. The Labute approximate surface area is 124 Å². The molecule has 0 bridgehead atoms. The second-order valence-corrected chi connectivity index (χ2v) is 5.52. The summed E-state index contributed by atoms with van der Waals surface area (Å²) >= 11 is 0. The van der Waals surface area contributed by atoms with Gasteiger partial charge in [0.2, 0.25) is 11.8 Å². The van der Waals surface area contributed by atoms with Gasteiger partial charge in [0, 0.05) is 37.4 Å². The van der Waals surface area contributed by atoms with Gasteiger partial charge in [-0.15, -0.1) is 0 Å². The van der Waals surface area contributed by atoms with Crippen molar-refractivity contribution in [3.05, 3.63) is 29.8 Å². The van der Waals surface area contributed by atoms with Crippen LogP contribution in [0.2, 0.25) is 0 Å². The molecule has 1 aromatic carbocycles. The Balaban J connectivity index is 1.69. The van der Waals surface area contributed by atoms with Crippen LogP contribution in [0.1, 0.15) is 11.6 Å². The summed E-state index contributed by atoms with van der Waals surface area (Å²) in [7, 11) is 1.83. The van der Waals surface area contributed by atoms with E-state index in [2.05, 4.69) is 10.6 Å². The number of nitrogens with one attached hydrogen (secondary N) is 2. The van der Waals surface area contributed by atoms with E-state index in [0.717, 1.165) is 37.4 Å². The lowest BCUT2D eigenvalue weighted by atomic mass is 10.1. The van der Waals surface area contributed by atoms with Crippen molar-refractivity contribution in [2.24, 2.45) is 0 Å². The van der Waals surface area contributed by atoms with Gasteiger partial charge in [-0.1, -0.05) is 18.2 Å². The highest BCUT2D eigenvalue weighted by Crippen LogP contribution is 2.33. The number of likely N-dealkylation sites (N-methyl/N-ethyl adjacent to an activating group) is 1. The fraction of sp³-hybridized carbons (Fsp3) is 0.467. The number of piperazine rings is 1. The fourth-order valence-electron chi connectivity index (χ4n) is 2.95.